The third-order valence-corrected chi connectivity index (χ3v) is 4.65. The maximum Gasteiger partial charge on any atom is 0.264 e. The number of nitrogens with one attached hydrogen (secondary N) is 1. The van der Waals surface area contributed by atoms with Gasteiger partial charge in [-0.05, 0) is 29.6 Å². The van der Waals surface area contributed by atoms with Gasteiger partial charge in [0, 0.05) is 9.85 Å². The monoisotopic (exact) mass is 332 g/mol. The summed E-state index contributed by atoms with van der Waals surface area (Å²) >= 11 is 4.64. The summed E-state index contributed by atoms with van der Waals surface area (Å²) in [5, 5.41) is 3.51. The quantitative estimate of drug-likeness (QED) is 0.849. The molecule has 0 amide bonds. The smallest absolute Gasteiger partial charge is 0.264 e. The molecule has 90 valence electrons. The largest absolute Gasteiger partial charge is 0.398 e. The number of hydrogen-bond acceptors (Lipinski definition) is 4. The van der Waals surface area contributed by atoms with Crippen LogP contribution in [0.4, 0.5) is 11.4 Å². The molecule has 0 fully saturated rings. The lowest BCUT2D eigenvalue weighted by Gasteiger charge is -2.09. The number of halogens is 1. The van der Waals surface area contributed by atoms with Crippen LogP contribution in [0.1, 0.15) is 0 Å². The number of hydrogen-bond donors (Lipinski definition) is 2. The summed E-state index contributed by atoms with van der Waals surface area (Å²) in [6.45, 7) is 0. The summed E-state index contributed by atoms with van der Waals surface area (Å²) in [5.74, 6) is 0. The summed E-state index contributed by atoms with van der Waals surface area (Å²) in [4.78, 5) is 0.0677. The normalized spacial score (nSPS) is 11.4. The van der Waals surface area contributed by atoms with Gasteiger partial charge in [-0.25, -0.2) is 8.42 Å². The standard InChI is InChI=1S/C10H9BrN2O2S2/c11-7-1-2-9(12)10(5-7)17(14,15)13-8-3-4-16-6-8/h1-6,13H,12H2. The van der Waals surface area contributed by atoms with Gasteiger partial charge in [0.1, 0.15) is 4.90 Å². The summed E-state index contributed by atoms with van der Waals surface area (Å²) < 4.78 is 27.3. The van der Waals surface area contributed by atoms with Crippen molar-refractivity contribution < 1.29 is 8.42 Å². The van der Waals surface area contributed by atoms with Gasteiger partial charge in [0.2, 0.25) is 0 Å². The lowest BCUT2D eigenvalue weighted by atomic mass is 10.3. The SMILES string of the molecule is Nc1ccc(Br)cc1S(=O)(=O)Nc1ccsc1. The number of benzene rings is 1. The van der Waals surface area contributed by atoms with Crippen LogP contribution < -0.4 is 10.5 Å². The van der Waals surface area contributed by atoms with Gasteiger partial charge < -0.3 is 5.73 Å². The van der Waals surface area contributed by atoms with Crippen molar-refractivity contribution in [2.45, 2.75) is 4.90 Å². The van der Waals surface area contributed by atoms with Gasteiger partial charge in [-0.15, -0.1) is 0 Å². The number of thiophene rings is 1. The molecule has 1 aromatic carbocycles. The van der Waals surface area contributed by atoms with Gasteiger partial charge in [-0.3, -0.25) is 4.72 Å². The molecule has 0 unspecified atom stereocenters. The van der Waals surface area contributed by atoms with E-state index >= 15 is 0 Å². The number of anilines is 2. The topological polar surface area (TPSA) is 72.2 Å². The lowest BCUT2D eigenvalue weighted by Crippen LogP contribution is -2.14. The van der Waals surface area contributed by atoms with Crippen LogP contribution in [-0.4, -0.2) is 8.42 Å². The van der Waals surface area contributed by atoms with Crippen LogP contribution >= 0.6 is 27.3 Å². The molecule has 0 saturated carbocycles. The molecule has 4 nitrogen and oxygen atoms in total. The van der Waals surface area contributed by atoms with E-state index < -0.39 is 10.0 Å². The Morgan fingerprint density at radius 1 is 1.29 bits per heavy atom. The Labute approximate surface area is 112 Å². The summed E-state index contributed by atoms with van der Waals surface area (Å²) in [7, 11) is -3.63. The van der Waals surface area contributed by atoms with Gasteiger partial charge in [0.15, 0.2) is 0 Å². The van der Waals surface area contributed by atoms with Crippen LogP contribution in [0, 0.1) is 0 Å². The average Bonchev–Trinajstić information content (AvgIpc) is 2.73. The van der Waals surface area contributed by atoms with Crippen molar-refractivity contribution in [1.82, 2.24) is 0 Å². The van der Waals surface area contributed by atoms with Crippen molar-refractivity contribution in [2.24, 2.45) is 0 Å². The molecule has 0 aliphatic rings. The van der Waals surface area contributed by atoms with E-state index in [-0.39, 0.29) is 10.6 Å². The average molecular weight is 333 g/mol. The molecule has 0 bridgehead atoms. The van der Waals surface area contributed by atoms with E-state index in [4.69, 9.17) is 5.73 Å². The molecule has 0 aliphatic heterocycles. The molecule has 0 aliphatic carbocycles. The van der Waals surface area contributed by atoms with Gasteiger partial charge in [0.25, 0.3) is 10.0 Å². The van der Waals surface area contributed by atoms with Crippen LogP contribution in [0.25, 0.3) is 0 Å². The third-order valence-electron chi connectivity index (χ3n) is 2.04. The number of nitrogen functional groups attached to an aromatic ring is 1. The molecular formula is C10H9BrN2O2S2. The molecule has 0 saturated heterocycles. The zero-order valence-electron chi connectivity index (χ0n) is 8.55. The molecule has 2 aromatic rings. The molecule has 1 aromatic heterocycles. The van der Waals surface area contributed by atoms with Gasteiger partial charge >= 0.3 is 0 Å². The summed E-state index contributed by atoms with van der Waals surface area (Å²) in [6.07, 6.45) is 0. The fraction of sp³-hybridized carbons (Fsp3) is 0. The van der Waals surface area contributed by atoms with E-state index in [1.54, 1.807) is 29.0 Å². The maximum absolute atomic E-state index is 12.1. The van der Waals surface area contributed by atoms with E-state index in [1.807, 2.05) is 0 Å². The highest BCUT2D eigenvalue weighted by Crippen LogP contribution is 2.25. The third kappa shape index (κ3) is 2.80. The van der Waals surface area contributed by atoms with E-state index in [1.165, 1.54) is 17.4 Å². The van der Waals surface area contributed by atoms with Gasteiger partial charge in [0.05, 0.1) is 11.4 Å². The first kappa shape index (κ1) is 12.4. The zero-order chi connectivity index (χ0) is 12.5. The molecule has 3 N–H and O–H groups in total. The highest BCUT2D eigenvalue weighted by Gasteiger charge is 2.18. The fourth-order valence-corrected chi connectivity index (χ4v) is 3.66. The molecule has 0 spiro atoms. The van der Waals surface area contributed by atoms with Crippen LogP contribution in [0.15, 0.2) is 44.4 Å². The summed E-state index contributed by atoms with van der Waals surface area (Å²) in [5.41, 5.74) is 6.42. The van der Waals surface area contributed by atoms with Crippen molar-refractivity contribution in [1.29, 1.82) is 0 Å². The van der Waals surface area contributed by atoms with Crippen LogP contribution in [0.5, 0.6) is 0 Å². The number of sulfonamides is 1. The van der Waals surface area contributed by atoms with Crippen LogP contribution in [-0.2, 0) is 10.0 Å². The Hall–Kier alpha value is -1.05. The molecule has 0 atom stereocenters. The van der Waals surface area contributed by atoms with Crippen molar-refractivity contribution in [3.05, 3.63) is 39.5 Å². The Balaban J connectivity index is 2.41. The molecule has 0 radical (unpaired) electrons. The lowest BCUT2D eigenvalue weighted by molar-refractivity contribution is 0.601. The van der Waals surface area contributed by atoms with E-state index in [0.29, 0.717) is 10.2 Å². The van der Waals surface area contributed by atoms with Crippen molar-refractivity contribution in [2.75, 3.05) is 10.5 Å². The molecule has 1 heterocycles. The second-order valence-corrected chi connectivity index (χ2v) is 6.65. The fourth-order valence-electron chi connectivity index (χ4n) is 1.27. The van der Waals surface area contributed by atoms with E-state index in [0.717, 1.165) is 0 Å². The van der Waals surface area contributed by atoms with Gasteiger partial charge in [-0.2, -0.15) is 11.3 Å². The maximum atomic E-state index is 12.1. The molecule has 7 heteroatoms. The molecule has 17 heavy (non-hydrogen) atoms. The minimum Gasteiger partial charge on any atom is -0.398 e. The molecule has 2 rings (SSSR count). The highest BCUT2D eigenvalue weighted by molar-refractivity contribution is 9.10. The zero-order valence-corrected chi connectivity index (χ0v) is 11.8. The summed E-state index contributed by atoms with van der Waals surface area (Å²) in [6, 6.07) is 6.41. The first-order valence-corrected chi connectivity index (χ1v) is 7.81. The van der Waals surface area contributed by atoms with Crippen LogP contribution in [0.2, 0.25) is 0 Å². The molecular weight excluding hydrogens is 324 g/mol. The first-order chi connectivity index (χ1) is 7.99. The van der Waals surface area contributed by atoms with E-state index in [2.05, 4.69) is 20.7 Å². The second-order valence-electron chi connectivity index (χ2n) is 3.30. The van der Waals surface area contributed by atoms with Crippen molar-refractivity contribution >= 4 is 48.7 Å². The first-order valence-electron chi connectivity index (χ1n) is 4.59. The Bertz CT molecular complexity index is 624. The Morgan fingerprint density at radius 2 is 2.06 bits per heavy atom. The Kier molecular flexibility index (Phi) is 3.41. The van der Waals surface area contributed by atoms with E-state index in [9.17, 15) is 8.42 Å². The highest BCUT2D eigenvalue weighted by atomic mass is 79.9. The number of rotatable bonds is 3. The number of nitrogens with two attached hydrogens (primary N) is 1. The predicted molar refractivity (Wildman–Crippen MR) is 73.7 cm³/mol. The minimum absolute atomic E-state index is 0.0677. The van der Waals surface area contributed by atoms with Crippen LogP contribution in [0.3, 0.4) is 0 Å². The van der Waals surface area contributed by atoms with Gasteiger partial charge in [-0.1, -0.05) is 15.9 Å². The van der Waals surface area contributed by atoms with Crippen molar-refractivity contribution in [3.63, 3.8) is 0 Å². The minimum atomic E-state index is -3.63. The second kappa shape index (κ2) is 4.67. The van der Waals surface area contributed by atoms with Crippen molar-refractivity contribution in [3.8, 4) is 0 Å². The Morgan fingerprint density at radius 3 is 2.71 bits per heavy atom. The predicted octanol–water partition coefficient (Wildman–Crippen LogP) is 2.89.